The molecule has 4 aliphatic carbocycles. The van der Waals surface area contributed by atoms with Crippen molar-refractivity contribution in [3.8, 4) is 5.75 Å². The molecule has 1 aromatic heterocycles. The number of hydrogen-bond donors (Lipinski definition) is 0. The second kappa shape index (κ2) is 9.41. The molecule has 0 saturated heterocycles. The van der Waals surface area contributed by atoms with Gasteiger partial charge >= 0.3 is 0 Å². The van der Waals surface area contributed by atoms with Crippen LogP contribution in [0.15, 0.2) is 60.2 Å². The highest BCUT2D eigenvalue weighted by molar-refractivity contribution is 6.06. The minimum atomic E-state index is -0.253. The fraction of sp³-hybridized carbons (Fsp3) is 0.531. The lowest BCUT2D eigenvalue weighted by molar-refractivity contribution is -0.130. The van der Waals surface area contributed by atoms with E-state index in [9.17, 15) is 9.59 Å². The summed E-state index contributed by atoms with van der Waals surface area (Å²) in [6.45, 7) is 6.16. The molecule has 0 radical (unpaired) electrons. The molecule has 0 spiro atoms. The fourth-order valence-electron chi connectivity index (χ4n) is 8.11. The molecule has 4 aliphatic rings. The van der Waals surface area contributed by atoms with Crippen LogP contribution in [0.4, 0.5) is 0 Å². The van der Waals surface area contributed by atoms with Crippen LogP contribution >= 0.6 is 0 Å². The van der Waals surface area contributed by atoms with Crippen molar-refractivity contribution in [3.05, 3.63) is 65.8 Å². The summed E-state index contributed by atoms with van der Waals surface area (Å²) in [5.74, 6) is 3.06. The van der Waals surface area contributed by atoms with Crippen molar-refractivity contribution >= 4 is 17.6 Å². The smallest absolute Gasteiger partial charge is 0.165 e. The molecule has 5 heteroatoms. The second-order valence-corrected chi connectivity index (χ2v) is 12.2. The van der Waals surface area contributed by atoms with Gasteiger partial charge in [0.25, 0.3) is 0 Å². The van der Waals surface area contributed by atoms with E-state index in [0.717, 1.165) is 68.4 Å². The van der Waals surface area contributed by atoms with Gasteiger partial charge in [-0.15, -0.1) is 0 Å². The molecule has 1 heterocycles. The first kappa shape index (κ1) is 24.4. The summed E-state index contributed by atoms with van der Waals surface area (Å²) >= 11 is 0. The SMILES string of the molecule is CC12CCC(=O)C=C1CCC1C2CC[C@]2(C)C(=O)/C(=C/c3cccc(OCCCn4ccnc4)c3)CC12. The summed E-state index contributed by atoms with van der Waals surface area (Å²) in [4.78, 5) is 30.0. The number of nitrogens with zero attached hydrogens (tertiary/aromatic N) is 2. The highest BCUT2D eigenvalue weighted by atomic mass is 16.5. The summed E-state index contributed by atoms with van der Waals surface area (Å²) in [6, 6.07) is 8.14. The van der Waals surface area contributed by atoms with Gasteiger partial charge in [-0.1, -0.05) is 31.6 Å². The Kier molecular flexibility index (Phi) is 6.21. The maximum Gasteiger partial charge on any atom is 0.165 e. The largest absolute Gasteiger partial charge is 0.494 e. The average Bonchev–Trinajstić information content (AvgIpc) is 3.49. The molecular formula is C32H38N2O3. The van der Waals surface area contributed by atoms with Gasteiger partial charge in [-0.05, 0) is 104 Å². The van der Waals surface area contributed by atoms with Gasteiger partial charge in [-0.3, -0.25) is 9.59 Å². The molecule has 5 nitrogen and oxygen atoms in total. The maximum atomic E-state index is 13.8. The number of imidazole rings is 1. The predicted octanol–water partition coefficient (Wildman–Crippen LogP) is 6.45. The quantitative estimate of drug-likeness (QED) is 0.339. The van der Waals surface area contributed by atoms with Crippen LogP contribution in [0.25, 0.3) is 6.08 Å². The summed E-state index contributed by atoms with van der Waals surface area (Å²) in [6.07, 6.45) is 17.3. The summed E-state index contributed by atoms with van der Waals surface area (Å²) in [7, 11) is 0. The zero-order valence-electron chi connectivity index (χ0n) is 22.1. The Morgan fingerprint density at radius 2 is 2.00 bits per heavy atom. The number of hydrogen-bond acceptors (Lipinski definition) is 4. The monoisotopic (exact) mass is 498 g/mol. The summed E-state index contributed by atoms with van der Waals surface area (Å²) in [5, 5.41) is 0. The van der Waals surface area contributed by atoms with Crippen molar-refractivity contribution in [2.75, 3.05) is 6.61 Å². The number of benzene rings is 1. The molecule has 0 amide bonds. The Bertz CT molecular complexity index is 1260. The van der Waals surface area contributed by atoms with E-state index in [1.54, 1.807) is 6.20 Å². The Hall–Kier alpha value is -2.95. The van der Waals surface area contributed by atoms with E-state index in [2.05, 4.69) is 41.6 Å². The van der Waals surface area contributed by atoms with Crippen LogP contribution < -0.4 is 4.74 Å². The molecule has 3 saturated carbocycles. The molecule has 0 aliphatic heterocycles. The maximum absolute atomic E-state index is 13.8. The van der Waals surface area contributed by atoms with Gasteiger partial charge < -0.3 is 9.30 Å². The number of aromatic nitrogens is 2. The van der Waals surface area contributed by atoms with Gasteiger partial charge in [0.2, 0.25) is 0 Å². The molecule has 0 N–H and O–H groups in total. The van der Waals surface area contributed by atoms with Crippen LogP contribution in [-0.4, -0.2) is 27.7 Å². The standard InChI is InChI=1S/C32H38N2O3/c1-31-11-9-25(35)20-24(31)7-8-27-28(31)10-12-32(2)29(27)19-23(30(32)36)17-22-5-3-6-26(18-22)37-16-4-14-34-15-13-33-21-34/h3,5-6,13,15,17-18,20-21,27-29H,4,7-12,14,16,19H2,1-2H3/b23-17+/t27?,28?,29?,31?,32-/m0/s1. The van der Waals surface area contributed by atoms with Gasteiger partial charge in [0.15, 0.2) is 11.6 Å². The third-order valence-electron chi connectivity index (χ3n) is 10.2. The van der Waals surface area contributed by atoms with Gasteiger partial charge in [0, 0.05) is 30.8 Å². The normalized spacial score (nSPS) is 34.1. The van der Waals surface area contributed by atoms with Crippen LogP contribution in [0.3, 0.4) is 0 Å². The lowest BCUT2D eigenvalue weighted by Gasteiger charge is -2.56. The van der Waals surface area contributed by atoms with E-state index >= 15 is 0 Å². The van der Waals surface area contributed by atoms with E-state index in [1.165, 1.54) is 5.57 Å². The van der Waals surface area contributed by atoms with Crippen LogP contribution in [0.1, 0.15) is 70.8 Å². The Morgan fingerprint density at radius 1 is 1.11 bits per heavy atom. The van der Waals surface area contributed by atoms with Gasteiger partial charge in [0.1, 0.15) is 5.75 Å². The average molecular weight is 499 g/mol. The third kappa shape index (κ3) is 4.30. The Labute approximate surface area is 220 Å². The lowest BCUT2D eigenvalue weighted by Crippen LogP contribution is -2.50. The van der Waals surface area contributed by atoms with Crippen LogP contribution in [0.2, 0.25) is 0 Å². The van der Waals surface area contributed by atoms with Crippen molar-refractivity contribution in [3.63, 3.8) is 0 Å². The summed E-state index contributed by atoms with van der Waals surface area (Å²) < 4.78 is 8.07. The minimum absolute atomic E-state index is 0.136. The number of aryl methyl sites for hydroxylation is 1. The predicted molar refractivity (Wildman–Crippen MR) is 144 cm³/mol. The molecule has 37 heavy (non-hydrogen) atoms. The zero-order valence-corrected chi connectivity index (χ0v) is 22.1. The molecule has 2 aromatic rings. The molecule has 5 atom stereocenters. The molecule has 0 bridgehead atoms. The van der Waals surface area contributed by atoms with Crippen molar-refractivity contribution in [2.24, 2.45) is 28.6 Å². The van der Waals surface area contributed by atoms with Crippen molar-refractivity contribution < 1.29 is 14.3 Å². The number of carbonyl (C=O) groups excluding carboxylic acids is 2. The second-order valence-electron chi connectivity index (χ2n) is 12.2. The van der Waals surface area contributed by atoms with Crippen molar-refractivity contribution in [1.29, 1.82) is 0 Å². The van der Waals surface area contributed by atoms with E-state index in [-0.39, 0.29) is 10.8 Å². The lowest BCUT2D eigenvalue weighted by atomic mass is 9.47. The highest BCUT2D eigenvalue weighted by Crippen LogP contribution is 2.65. The van der Waals surface area contributed by atoms with Gasteiger partial charge in [0.05, 0.1) is 12.9 Å². The van der Waals surface area contributed by atoms with E-state index in [4.69, 9.17) is 4.74 Å². The summed E-state index contributed by atoms with van der Waals surface area (Å²) in [5.41, 5.74) is 3.29. The van der Waals surface area contributed by atoms with Crippen molar-refractivity contribution in [1.82, 2.24) is 9.55 Å². The molecular weight excluding hydrogens is 460 g/mol. The minimum Gasteiger partial charge on any atom is -0.494 e. The first-order valence-corrected chi connectivity index (χ1v) is 14.0. The molecule has 3 fully saturated rings. The fourth-order valence-corrected chi connectivity index (χ4v) is 8.11. The molecule has 4 unspecified atom stereocenters. The van der Waals surface area contributed by atoms with Crippen LogP contribution in [-0.2, 0) is 16.1 Å². The number of carbonyl (C=O) groups is 2. The number of ketones is 2. The third-order valence-corrected chi connectivity index (χ3v) is 10.2. The molecule has 6 rings (SSSR count). The highest BCUT2D eigenvalue weighted by Gasteiger charge is 2.60. The van der Waals surface area contributed by atoms with Gasteiger partial charge in [-0.25, -0.2) is 4.98 Å². The topological polar surface area (TPSA) is 61.2 Å². The Balaban J connectivity index is 1.17. The van der Waals surface area contributed by atoms with E-state index < -0.39 is 0 Å². The number of Topliss-reactive ketones (excluding diaryl/α,β-unsaturated/α-hetero) is 1. The first-order chi connectivity index (χ1) is 17.9. The van der Waals surface area contributed by atoms with E-state index in [1.807, 2.05) is 30.7 Å². The molecule has 1 aromatic carbocycles. The number of ether oxygens (including phenoxy) is 1. The van der Waals surface area contributed by atoms with Crippen LogP contribution in [0.5, 0.6) is 5.75 Å². The first-order valence-electron chi connectivity index (χ1n) is 14.0. The van der Waals surface area contributed by atoms with E-state index in [0.29, 0.717) is 42.3 Å². The number of rotatable bonds is 6. The number of fused-ring (bicyclic) bond motifs is 5. The Morgan fingerprint density at radius 3 is 2.84 bits per heavy atom. The van der Waals surface area contributed by atoms with Gasteiger partial charge in [-0.2, -0.15) is 0 Å². The molecule has 194 valence electrons. The zero-order chi connectivity index (χ0) is 25.6. The van der Waals surface area contributed by atoms with Crippen LogP contribution in [0, 0.1) is 28.6 Å². The van der Waals surface area contributed by atoms with Crippen molar-refractivity contribution in [2.45, 2.75) is 71.8 Å². The number of allylic oxidation sites excluding steroid dienone is 2.